The molecule has 0 heterocycles. The van der Waals surface area contributed by atoms with Gasteiger partial charge in [-0.3, -0.25) is 0 Å². The average molecular weight is 271 g/mol. The molecule has 2 unspecified atom stereocenters. The van der Waals surface area contributed by atoms with Crippen molar-refractivity contribution >= 4 is 15.9 Å². The van der Waals surface area contributed by atoms with E-state index < -0.39 is 0 Å². The summed E-state index contributed by atoms with van der Waals surface area (Å²) in [5, 5.41) is 9.59. The van der Waals surface area contributed by atoms with Gasteiger partial charge in [-0.15, -0.1) is 0 Å². The summed E-state index contributed by atoms with van der Waals surface area (Å²) in [6, 6.07) is 7.79. The smallest absolute Gasteiger partial charge is 0.120 e. The Morgan fingerprint density at radius 3 is 2.73 bits per heavy atom. The van der Waals surface area contributed by atoms with Gasteiger partial charge in [0.2, 0.25) is 0 Å². The second-order valence-corrected chi connectivity index (χ2v) is 5.55. The maximum Gasteiger partial charge on any atom is 0.120 e. The van der Waals surface area contributed by atoms with Crippen molar-refractivity contribution in [2.24, 2.45) is 5.41 Å². The average Bonchev–Trinajstić information content (AvgIpc) is 2.17. The summed E-state index contributed by atoms with van der Waals surface area (Å²) < 4.78 is 6.84. The van der Waals surface area contributed by atoms with E-state index >= 15 is 0 Å². The van der Waals surface area contributed by atoms with Crippen LogP contribution in [0.25, 0.3) is 0 Å². The summed E-state index contributed by atoms with van der Waals surface area (Å²) in [5.74, 6) is 0.856. The quantitative estimate of drug-likeness (QED) is 0.896. The summed E-state index contributed by atoms with van der Waals surface area (Å²) in [6.45, 7) is 4.06. The van der Waals surface area contributed by atoms with Crippen molar-refractivity contribution in [2.75, 3.05) is 0 Å². The third kappa shape index (κ3) is 2.04. The molecule has 0 amide bonds. The first-order valence-electron chi connectivity index (χ1n) is 5.10. The summed E-state index contributed by atoms with van der Waals surface area (Å²) in [7, 11) is 0. The first-order valence-corrected chi connectivity index (χ1v) is 5.90. The second-order valence-electron chi connectivity index (χ2n) is 4.64. The van der Waals surface area contributed by atoms with Gasteiger partial charge in [-0.1, -0.05) is 35.8 Å². The molecule has 1 aromatic carbocycles. The Balaban J connectivity index is 2.05. The van der Waals surface area contributed by atoms with E-state index in [1.165, 1.54) is 0 Å². The Bertz CT molecular complexity index is 362. The molecular formula is C12H15BrO2. The largest absolute Gasteiger partial charge is 0.490 e. The molecule has 1 aromatic rings. The fourth-order valence-electron chi connectivity index (χ4n) is 1.77. The number of aliphatic hydroxyl groups is 1. The third-order valence-corrected chi connectivity index (χ3v) is 3.69. The lowest BCUT2D eigenvalue weighted by atomic mass is 9.66. The van der Waals surface area contributed by atoms with Crippen molar-refractivity contribution < 1.29 is 9.84 Å². The van der Waals surface area contributed by atoms with Crippen molar-refractivity contribution in [3.8, 4) is 5.75 Å². The third-order valence-electron chi connectivity index (χ3n) is 3.20. The molecule has 0 bridgehead atoms. The van der Waals surface area contributed by atoms with Crippen LogP contribution in [0.4, 0.5) is 0 Å². The summed E-state index contributed by atoms with van der Waals surface area (Å²) >= 11 is 3.40. The standard InChI is InChI=1S/C12H15BrO2/c1-12(2)10(14)7-11(12)15-9-5-3-4-8(13)6-9/h3-6,10-11,14H,7H2,1-2H3. The zero-order chi connectivity index (χ0) is 11.1. The molecule has 0 radical (unpaired) electrons. The van der Waals surface area contributed by atoms with Gasteiger partial charge in [0.25, 0.3) is 0 Å². The Morgan fingerprint density at radius 1 is 1.47 bits per heavy atom. The lowest BCUT2D eigenvalue weighted by Crippen LogP contribution is -2.56. The first kappa shape index (κ1) is 11.0. The predicted molar refractivity (Wildman–Crippen MR) is 63.0 cm³/mol. The molecule has 1 N–H and O–H groups in total. The second kappa shape index (κ2) is 3.80. The Kier molecular flexibility index (Phi) is 2.77. The monoisotopic (exact) mass is 270 g/mol. The molecule has 2 rings (SSSR count). The van der Waals surface area contributed by atoms with Gasteiger partial charge >= 0.3 is 0 Å². The van der Waals surface area contributed by atoms with Crippen LogP contribution < -0.4 is 4.74 Å². The van der Waals surface area contributed by atoms with Crippen LogP contribution in [-0.4, -0.2) is 17.3 Å². The lowest BCUT2D eigenvalue weighted by Gasteiger charge is -2.48. The normalized spacial score (nSPS) is 28.3. The van der Waals surface area contributed by atoms with Gasteiger partial charge in [0.15, 0.2) is 0 Å². The molecular weight excluding hydrogens is 256 g/mol. The lowest BCUT2D eigenvalue weighted by molar-refractivity contribution is -0.134. The number of hydrogen-bond acceptors (Lipinski definition) is 2. The van der Waals surface area contributed by atoms with Crippen molar-refractivity contribution in [1.29, 1.82) is 0 Å². The predicted octanol–water partition coefficient (Wildman–Crippen LogP) is 2.99. The van der Waals surface area contributed by atoms with Gasteiger partial charge < -0.3 is 9.84 Å². The van der Waals surface area contributed by atoms with Gasteiger partial charge in [-0.05, 0) is 18.2 Å². The van der Waals surface area contributed by atoms with Gasteiger partial charge in [0, 0.05) is 16.3 Å². The van der Waals surface area contributed by atoms with E-state index in [4.69, 9.17) is 4.74 Å². The van der Waals surface area contributed by atoms with Crippen LogP contribution in [0.2, 0.25) is 0 Å². The van der Waals surface area contributed by atoms with Crippen LogP contribution in [0.5, 0.6) is 5.75 Å². The van der Waals surface area contributed by atoms with Crippen LogP contribution in [0, 0.1) is 5.41 Å². The molecule has 3 heteroatoms. The molecule has 1 fully saturated rings. The summed E-state index contributed by atoms with van der Waals surface area (Å²) in [6.07, 6.45) is 0.593. The summed E-state index contributed by atoms with van der Waals surface area (Å²) in [5.41, 5.74) is -0.137. The van der Waals surface area contributed by atoms with E-state index in [9.17, 15) is 5.11 Å². The van der Waals surface area contributed by atoms with E-state index in [0.29, 0.717) is 0 Å². The molecule has 82 valence electrons. The number of ether oxygens (including phenoxy) is 1. The van der Waals surface area contributed by atoms with Crippen molar-refractivity contribution in [2.45, 2.75) is 32.5 Å². The fourth-order valence-corrected chi connectivity index (χ4v) is 2.15. The zero-order valence-electron chi connectivity index (χ0n) is 8.90. The van der Waals surface area contributed by atoms with Gasteiger partial charge in [-0.2, -0.15) is 0 Å². The minimum Gasteiger partial charge on any atom is -0.490 e. The molecule has 2 nitrogen and oxygen atoms in total. The number of hydrogen-bond donors (Lipinski definition) is 1. The highest BCUT2D eigenvalue weighted by Crippen LogP contribution is 2.43. The van der Waals surface area contributed by atoms with Crippen LogP contribution in [0.15, 0.2) is 28.7 Å². The first-order chi connectivity index (χ1) is 7.00. The van der Waals surface area contributed by atoms with Crippen molar-refractivity contribution in [3.05, 3.63) is 28.7 Å². The number of rotatable bonds is 2. The molecule has 1 aliphatic carbocycles. The number of benzene rings is 1. The maximum atomic E-state index is 9.59. The zero-order valence-corrected chi connectivity index (χ0v) is 10.5. The SMILES string of the molecule is CC1(C)C(O)CC1Oc1cccc(Br)c1. The van der Waals surface area contributed by atoms with Crippen molar-refractivity contribution in [1.82, 2.24) is 0 Å². The van der Waals surface area contributed by atoms with E-state index in [-0.39, 0.29) is 17.6 Å². The number of halogens is 1. The highest BCUT2D eigenvalue weighted by Gasteiger charge is 2.49. The molecule has 0 aliphatic heterocycles. The van der Waals surface area contributed by atoms with E-state index in [0.717, 1.165) is 16.6 Å². The van der Waals surface area contributed by atoms with Crippen LogP contribution >= 0.6 is 15.9 Å². The number of aliphatic hydroxyl groups excluding tert-OH is 1. The Morgan fingerprint density at radius 2 is 2.20 bits per heavy atom. The summed E-state index contributed by atoms with van der Waals surface area (Å²) in [4.78, 5) is 0. The van der Waals surface area contributed by atoms with Crippen LogP contribution in [0.1, 0.15) is 20.3 Å². The molecule has 15 heavy (non-hydrogen) atoms. The minimum atomic E-state index is -0.241. The van der Waals surface area contributed by atoms with Crippen LogP contribution in [0.3, 0.4) is 0 Å². The molecule has 2 atom stereocenters. The van der Waals surface area contributed by atoms with E-state index in [1.54, 1.807) is 0 Å². The molecule has 0 saturated heterocycles. The molecule has 0 aromatic heterocycles. The topological polar surface area (TPSA) is 29.5 Å². The van der Waals surface area contributed by atoms with E-state index in [1.807, 2.05) is 38.1 Å². The molecule has 1 saturated carbocycles. The highest BCUT2D eigenvalue weighted by atomic mass is 79.9. The fraction of sp³-hybridized carbons (Fsp3) is 0.500. The Hall–Kier alpha value is -0.540. The van der Waals surface area contributed by atoms with E-state index in [2.05, 4.69) is 15.9 Å². The van der Waals surface area contributed by atoms with Gasteiger partial charge in [0.1, 0.15) is 11.9 Å². The van der Waals surface area contributed by atoms with Gasteiger partial charge in [-0.25, -0.2) is 0 Å². The molecule has 0 spiro atoms. The van der Waals surface area contributed by atoms with Crippen LogP contribution in [-0.2, 0) is 0 Å². The molecule has 1 aliphatic rings. The van der Waals surface area contributed by atoms with Gasteiger partial charge in [0.05, 0.1) is 6.10 Å². The Labute approximate surface area is 98.4 Å². The minimum absolute atomic E-state index is 0.113. The maximum absolute atomic E-state index is 9.59. The highest BCUT2D eigenvalue weighted by molar-refractivity contribution is 9.10. The van der Waals surface area contributed by atoms with Crippen molar-refractivity contribution in [3.63, 3.8) is 0 Å².